The van der Waals surface area contributed by atoms with Crippen molar-refractivity contribution in [1.82, 2.24) is 5.32 Å². The summed E-state index contributed by atoms with van der Waals surface area (Å²) in [4.78, 5) is 0. The molecule has 0 fully saturated rings. The maximum absolute atomic E-state index is 8.85. The number of aliphatic hydroxyl groups is 1. The number of hydrogen-bond donors (Lipinski definition) is 2. The Hall–Kier alpha value is -0.910. The summed E-state index contributed by atoms with van der Waals surface area (Å²) in [5, 5.41) is 12.3. The summed E-state index contributed by atoms with van der Waals surface area (Å²) in [5.41, 5.74) is 1.17. The molecule has 1 aromatic rings. The maximum Gasteiger partial charge on any atom is 0.161 e. The Morgan fingerprint density at radius 2 is 2.00 bits per heavy atom. The molecule has 0 saturated heterocycles. The number of hydrogen-bond acceptors (Lipinski definition) is 5. The lowest BCUT2D eigenvalue weighted by molar-refractivity contribution is 0.322. The fraction of sp³-hybridized carbons (Fsp3) is 0.571. The van der Waals surface area contributed by atoms with Gasteiger partial charge in [-0.3, -0.25) is 0 Å². The minimum absolute atomic E-state index is 0.218. The second-order valence-corrected chi connectivity index (χ2v) is 5.17. The Morgan fingerprint density at radius 1 is 1.26 bits per heavy atom. The highest BCUT2D eigenvalue weighted by atomic mass is 32.2. The van der Waals surface area contributed by atoms with E-state index in [-0.39, 0.29) is 12.6 Å². The Balaban J connectivity index is 2.82. The lowest BCUT2D eigenvalue weighted by Crippen LogP contribution is -2.23. The zero-order chi connectivity index (χ0) is 14.1. The first kappa shape index (κ1) is 16.1. The molecule has 1 rings (SSSR count). The minimum Gasteiger partial charge on any atom is -0.493 e. The highest BCUT2D eigenvalue weighted by Crippen LogP contribution is 2.30. The largest absolute Gasteiger partial charge is 0.493 e. The molecule has 108 valence electrons. The lowest BCUT2D eigenvalue weighted by Gasteiger charge is -2.19. The monoisotopic (exact) mass is 285 g/mol. The van der Waals surface area contributed by atoms with E-state index in [1.807, 2.05) is 18.2 Å². The van der Waals surface area contributed by atoms with E-state index in [1.54, 1.807) is 26.0 Å². The molecule has 0 heterocycles. The third kappa shape index (κ3) is 4.93. The van der Waals surface area contributed by atoms with Gasteiger partial charge in [-0.15, -0.1) is 0 Å². The number of ether oxygens (including phenoxy) is 2. The van der Waals surface area contributed by atoms with Crippen molar-refractivity contribution in [1.29, 1.82) is 0 Å². The molecule has 0 saturated carbocycles. The van der Waals surface area contributed by atoms with Crippen molar-refractivity contribution in [3.8, 4) is 11.5 Å². The van der Waals surface area contributed by atoms with Crippen LogP contribution in [0.4, 0.5) is 0 Å². The van der Waals surface area contributed by atoms with Gasteiger partial charge < -0.3 is 19.9 Å². The maximum atomic E-state index is 8.85. The summed E-state index contributed by atoms with van der Waals surface area (Å²) < 4.78 is 10.6. The smallest absolute Gasteiger partial charge is 0.161 e. The lowest BCUT2D eigenvalue weighted by atomic mass is 10.1. The predicted octanol–water partition coefficient (Wildman–Crippen LogP) is 2.08. The van der Waals surface area contributed by atoms with E-state index < -0.39 is 0 Å². The fourth-order valence-corrected chi connectivity index (χ4v) is 2.70. The predicted molar refractivity (Wildman–Crippen MR) is 80.4 cm³/mol. The molecule has 1 unspecified atom stereocenters. The van der Waals surface area contributed by atoms with Crippen molar-refractivity contribution in [2.45, 2.75) is 13.0 Å². The molecule has 0 aromatic heterocycles. The Bertz CT molecular complexity index is 374. The van der Waals surface area contributed by atoms with Gasteiger partial charge >= 0.3 is 0 Å². The summed E-state index contributed by atoms with van der Waals surface area (Å²) in [5.74, 6) is 3.17. The summed E-state index contributed by atoms with van der Waals surface area (Å²) >= 11 is 1.73. The quantitative estimate of drug-likeness (QED) is 0.680. The van der Waals surface area contributed by atoms with Crippen LogP contribution in [0.15, 0.2) is 18.2 Å². The van der Waals surface area contributed by atoms with E-state index in [4.69, 9.17) is 14.6 Å². The summed E-state index contributed by atoms with van der Waals surface area (Å²) in [6.45, 7) is 3.21. The Labute approximate surface area is 119 Å². The van der Waals surface area contributed by atoms with Gasteiger partial charge in [0.1, 0.15) is 0 Å². The first-order valence-corrected chi connectivity index (χ1v) is 7.56. The first-order valence-electron chi connectivity index (χ1n) is 6.40. The van der Waals surface area contributed by atoms with Crippen molar-refractivity contribution >= 4 is 11.8 Å². The van der Waals surface area contributed by atoms with E-state index in [1.165, 1.54) is 5.56 Å². The van der Waals surface area contributed by atoms with Crippen LogP contribution in [-0.2, 0) is 0 Å². The van der Waals surface area contributed by atoms with Crippen LogP contribution in [0.25, 0.3) is 0 Å². The van der Waals surface area contributed by atoms with Crippen molar-refractivity contribution in [3.63, 3.8) is 0 Å². The van der Waals surface area contributed by atoms with Gasteiger partial charge in [0.15, 0.2) is 11.5 Å². The number of benzene rings is 1. The van der Waals surface area contributed by atoms with E-state index in [2.05, 4.69) is 12.2 Å². The van der Waals surface area contributed by atoms with Crippen LogP contribution in [0.1, 0.15) is 18.5 Å². The van der Waals surface area contributed by atoms with Crippen LogP contribution in [0.5, 0.6) is 11.5 Å². The van der Waals surface area contributed by atoms with Crippen LogP contribution < -0.4 is 14.8 Å². The molecule has 0 aliphatic rings. The normalized spacial score (nSPS) is 12.2. The molecule has 5 heteroatoms. The zero-order valence-corrected chi connectivity index (χ0v) is 12.6. The molecule has 19 heavy (non-hydrogen) atoms. The number of nitrogens with one attached hydrogen (secondary N) is 1. The highest BCUT2D eigenvalue weighted by Gasteiger charge is 2.13. The third-order valence-electron chi connectivity index (χ3n) is 2.78. The van der Waals surface area contributed by atoms with E-state index >= 15 is 0 Å². The van der Waals surface area contributed by atoms with Gasteiger partial charge in [-0.05, 0) is 24.2 Å². The third-order valence-corrected chi connectivity index (χ3v) is 3.82. The molecule has 0 aliphatic heterocycles. The second kappa shape index (κ2) is 9.07. The first-order chi connectivity index (χ1) is 9.26. The molecule has 0 aliphatic carbocycles. The highest BCUT2D eigenvalue weighted by molar-refractivity contribution is 7.99. The minimum atomic E-state index is 0.218. The van der Waals surface area contributed by atoms with Crippen LogP contribution in [0.3, 0.4) is 0 Å². The number of aliphatic hydroxyl groups excluding tert-OH is 1. The van der Waals surface area contributed by atoms with Gasteiger partial charge in [0.2, 0.25) is 0 Å². The Morgan fingerprint density at radius 3 is 2.58 bits per heavy atom. The number of rotatable bonds is 9. The van der Waals surface area contributed by atoms with Crippen molar-refractivity contribution in [2.75, 3.05) is 38.9 Å². The SMILES string of the molecule is CCNC(CSCCO)c1ccc(OC)c(OC)c1. The molecular formula is C14H23NO3S. The van der Waals surface area contributed by atoms with Gasteiger partial charge in [-0.2, -0.15) is 11.8 Å². The average Bonchev–Trinajstić information content (AvgIpc) is 2.45. The van der Waals surface area contributed by atoms with Crippen LogP contribution in [0.2, 0.25) is 0 Å². The molecule has 0 radical (unpaired) electrons. The zero-order valence-electron chi connectivity index (χ0n) is 11.8. The van der Waals surface area contributed by atoms with Crippen LogP contribution in [-0.4, -0.2) is 44.0 Å². The second-order valence-electron chi connectivity index (χ2n) is 4.02. The molecule has 4 nitrogen and oxygen atoms in total. The van der Waals surface area contributed by atoms with Crippen LogP contribution in [0, 0.1) is 0 Å². The van der Waals surface area contributed by atoms with E-state index in [0.29, 0.717) is 0 Å². The molecule has 1 aromatic carbocycles. The fourth-order valence-electron chi connectivity index (χ4n) is 1.85. The van der Waals surface area contributed by atoms with Gasteiger partial charge in [0.05, 0.1) is 20.8 Å². The van der Waals surface area contributed by atoms with E-state index in [0.717, 1.165) is 29.5 Å². The summed E-state index contributed by atoms with van der Waals surface area (Å²) in [6, 6.07) is 6.23. The molecule has 1 atom stereocenters. The molecular weight excluding hydrogens is 262 g/mol. The molecule has 0 spiro atoms. The Kier molecular flexibility index (Phi) is 7.70. The van der Waals surface area contributed by atoms with E-state index in [9.17, 15) is 0 Å². The van der Waals surface area contributed by atoms with Gasteiger partial charge in [0, 0.05) is 17.5 Å². The summed E-state index contributed by atoms with van der Waals surface area (Å²) in [7, 11) is 3.28. The van der Waals surface area contributed by atoms with Gasteiger partial charge in [0.25, 0.3) is 0 Å². The van der Waals surface area contributed by atoms with Crippen molar-refractivity contribution in [3.05, 3.63) is 23.8 Å². The standard InChI is InChI=1S/C14H23NO3S/c1-4-15-12(10-19-8-7-16)11-5-6-13(17-2)14(9-11)18-3/h5-6,9,12,15-16H,4,7-8,10H2,1-3H3. The number of thioether (sulfide) groups is 1. The van der Waals surface area contributed by atoms with Crippen molar-refractivity contribution < 1.29 is 14.6 Å². The number of methoxy groups -OCH3 is 2. The summed E-state index contributed by atoms with van der Waals surface area (Å²) in [6.07, 6.45) is 0. The van der Waals surface area contributed by atoms with Crippen LogP contribution >= 0.6 is 11.8 Å². The molecule has 2 N–H and O–H groups in total. The van der Waals surface area contributed by atoms with Crippen molar-refractivity contribution in [2.24, 2.45) is 0 Å². The average molecular weight is 285 g/mol. The van der Waals surface area contributed by atoms with Gasteiger partial charge in [-0.1, -0.05) is 13.0 Å². The molecule has 0 amide bonds. The molecule has 0 bridgehead atoms. The topological polar surface area (TPSA) is 50.7 Å². The van der Waals surface area contributed by atoms with Gasteiger partial charge in [-0.25, -0.2) is 0 Å².